The van der Waals surface area contributed by atoms with E-state index in [0.29, 0.717) is 0 Å². The van der Waals surface area contributed by atoms with Crippen LogP contribution in [0.1, 0.15) is 6.92 Å². The summed E-state index contributed by atoms with van der Waals surface area (Å²) in [6, 6.07) is 0. The molecule has 15 heavy (non-hydrogen) atoms. The van der Waals surface area contributed by atoms with Gasteiger partial charge in [0.1, 0.15) is 6.61 Å². The Balaban J connectivity index is 4.07. The summed E-state index contributed by atoms with van der Waals surface area (Å²) >= 11 is 0. The van der Waals surface area contributed by atoms with E-state index in [1.54, 1.807) is 0 Å². The first-order valence-corrected chi connectivity index (χ1v) is 5.95. The molecule has 0 aliphatic rings. The van der Waals surface area contributed by atoms with Crippen LogP contribution < -0.4 is 0 Å². The SMILES string of the molecule is C=C/C=C/S(=O)(=O)CCOC(=O)C(=C)C. The molecule has 0 aliphatic heterocycles. The first kappa shape index (κ1) is 13.6. The third kappa shape index (κ3) is 6.68. The lowest BCUT2D eigenvalue weighted by molar-refractivity contribution is -0.138. The van der Waals surface area contributed by atoms with Gasteiger partial charge in [-0.25, -0.2) is 13.2 Å². The second kappa shape index (κ2) is 6.19. The second-order valence-corrected chi connectivity index (χ2v) is 4.85. The number of rotatable bonds is 6. The van der Waals surface area contributed by atoms with Crippen molar-refractivity contribution in [1.29, 1.82) is 0 Å². The molecule has 0 fully saturated rings. The van der Waals surface area contributed by atoms with Crippen LogP contribution in [0.3, 0.4) is 0 Å². The Morgan fingerprint density at radius 2 is 2.07 bits per heavy atom. The zero-order valence-corrected chi connectivity index (χ0v) is 9.42. The summed E-state index contributed by atoms with van der Waals surface area (Å²) in [5, 5.41) is 1.02. The van der Waals surface area contributed by atoms with E-state index in [1.807, 2.05) is 0 Å². The molecule has 0 aromatic carbocycles. The fourth-order valence-electron chi connectivity index (χ4n) is 0.617. The number of esters is 1. The number of carbonyl (C=O) groups excluding carboxylic acids is 1. The largest absolute Gasteiger partial charge is 0.461 e. The fourth-order valence-corrected chi connectivity index (χ4v) is 1.42. The Bertz CT molecular complexity index is 376. The highest BCUT2D eigenvalue weighted by Crippen LogP contribution is 1.96. The van der Waals surface area contributed by atoms with Gasteiger partial charge in [-0.2, -0.15) is 0 Å². The van der Waals surface area contributed by atoms with Crippen LogP contribution in [0, 0.1) is 0 Å². The van der Waals surface area contributed by atoms with Crippen molar-refractivity contribution in [3.8, 4) is 0 Å². The van der Waals surface area contributed by atoms with Crippen LogP contribution in [-0.4, -0.2) is 26.7 Å². The van der Waals surface area contributed by atoms with Gasteiger partial charge in [-0.05, 0) is 6.92 Å². The lowest BCUT2D eigenvalue weighted by Crippen LogP contribution is -2.14. The van der Waals surface area contributed by atoms with Crippen LogP contribution in [0.25, 0.3) is 0 Å². The van der Waals surface area contributed by atoms with Gasteiger partial charge in [0.15, 0.2) is 9.84 Å². The predicted molar refractivity (Wildman–Crippen MR) is 58.9 cm³/mol. The maximum absolute atomic E-state index is 11.2. The lowest BCUT2D eigenvalue weighted by atomic mass is 10.4. The topological polar surface area (TPSA) is 60.4 Å². The molecule has 0 heterocycles. The van der Waals surface area contributed by atoms with Crippen LogP contribution in [0.4, 0.5) is 0 Å². The third-order valence-electron chi connectivity index (χ3n) is 1.37. The molecule has 0 amide bonds. The van der Waals surface area contributed by atoms with Gasteiger partial charge in [-0.1, -0.05) is 25.3 Å². The van der Waals surface area contributed by atoms with Crippen molar-refractivity contribution in [2.24, 2.45) is 0 Å². The highest BCUT2D eigenvalue weighted by Gasteiger charge is 2.08. The molecule has 0 spiro atoms. The van der Waals surface area contributed by atoms with Crippen molar-refractivity contribution >= 4 is 15.8 Å². The van der Waals surface area contributed by atoms with E-state index in [0.717, 1.165) is 5.41 Å². The van der Waals surface area contributed by atoms with Crippen molar-refractivity contribution in [3.63, 3.8) is 0 Å². The Morgan fingerprint density at radius 3 is 2.53 bits per heavy atom. The molecule has 0 aromatic heterocycles. The minimum Gasteiger partial charge on any atom is -0.461 e. The molecule has 5 heteroatoms. The van der Waals surface area contributed by atoms with Crippen molar-refractivity contribution in [1.82, 2.24) is 0 Å². The minimum absolute atomic E-state index is 0.171. The number of sulfone groups is 1. The number of ether oxygens (including phenoxy) is 1. The van der Waals surface area contributed by atoms with Crippen LogP contribution in [0.2, 0.25) is 0 Å². The molecule has 0 saturated heterocycles. The molecule has 0 radical (unpaired) electrons. The Hall–Kier alpha value is -1.36. The van der Waals surface area contributed by atoms with E-state index in [2.05, 4.69) is 17.9 Å². The van der Waals surface area contributed by atoms with Gasteiger partial charge in [0.05, 0.1) is 5.75 Å². The number of carbonyl (C=O) groups is 1. The lowest BCUT2D eigenvalue weighted by Gasteiger charge is -2.02. The van der Waals surface area contributed by atoms with Crippen molar-refractivity contribution in [3.05, 3.63) is 36.3 Å². The number of allylic oxidation sites excluding steroid dienone is 2. The summed E-state index contributed by atoms with van der Waals surface area (Å²) in [6.07, 6.45) is 2.67. The fraction of sp³-hybridized carbons (Fsp3) is 0.300. The molecule has 0 bridgehead atoms. The van der Waals surface area contributed by atoms with Crippen LogP contribution in [-0.2, 0) is 19.4 Å². The van der Waals surface area contributed by atoms with Crippen LogP contribution in [0.5, 0.6) is 0 Å². The quantitative estimate of drug-likeness (QED) is 0.391. The molecule has 4 nitrogen and oxygen atoms in total. The van der Waals surface area contributed by atoms with Gasteiger partial charge in [-0.15, -0.1) is 0 Å². The van der Waals surface area contributed by atoms with Gasteiger partial charge in [-0.3, -0.25) is 0 Å². The van der Waals surface area contributed by atoms with Gasteiger partial charge in [0, 0.05) is 11.0 Å². The van der Waals surface area contributed by atoms with Gasteiger partial charge >= 0.3 is 5.97 Å². The van der Waals surface area contributed by atoms with Crippen molar-refractivity contribution in [2.75, 3.05) is 12.4 Å². The molecule has 0 aliphatic carbocycles. The summed E-state index contributed by atoms with van der Waals surface area (Å²) in [4.78, 5) is 10.9. The normalized spacial score (nSPS) is 11.3. The molecule has 0 atom stereocenters. The molecular formula is C10H14O4S. The molecule has 0 saturated carbocycles. The average molecular weight is 230 g/mol. The zero-order valence-electron chi connectivity index (χ0n) is 8.60. The molecule has 0 N–H and O–H groups in total. The highest BCUT2D eigenvalue weighted by molar-refractivity contribution is 7.94. The van der Waals surface area contributed by atoms with E-state index < -0.39 is 15.8 Å². The van der Waals surface area contributed by atoms with Crippen molar-refractivity contribution in [2.45, 2.75) is 6.92 Å². The van der Waals surface area contributed by atoms with Crippen LogP contribution in [0.15, 0.2) is 36.3 Å². The predicted octanol–water partition coefficient (Wildman–Crippen LogP) is 1.22. The molecule has 0 unspecified atom stereocenters. The Morgan fingerprint density at radius 1 is 1.47 bits per heavy atom. The van der Waals surface area contributed by atoms with Gasteiger partial charge in [0.25, 0.3) is 0 Å². The summed E-state index contributed by atoms with van der Waals surface area (Å²) in [5.41, 5.74) is 0.244. The Kier molecular flexibility index (Phi) is 5.62. The molecule has 0 rings (SSSR count). The highest BCUT2D eigenvalue weighted by atomic mass is 32.2. The molecule has 0 aromatic rings. The van der Waals surface area contributed by atoms with E-state index >= 15 is 0 Å². The summed E-state index contributed by atoms with van der Waals surface area (Å²) in [7, 11) is -3.32. The van der Waals surface area contributed by atoms with E-state index in [4.69, 9.17) is 0 Å². The zero-order chi connectivity index (χ0) is 11.9. The first-order chi connectivity index (χ1) is 6.89. The number of hydrogen-bond donors (Lipinski definition) is 0. The summed E-state index contributed by atoms with van der Waals surface area (Å²) in [5.74, 6) is -0.825. The van der Waals surface area contributed by atoms with E-state index in [1.165, 1.54) is 19.1 Å². The van der Waals surface area contributed by atoms with Crippen molar-refractivity contribution < 1.29 is 17.9 Å². The minimum atomic E-state index is -3.32. The van der Waals surface area contributed by atoms with Crippen LogP contribution >= 0.6 is 0 Å². The standard InChI is InChI=1S/C10H14O4S/c1-4-5-7-15(12,13)8-6-14-10(11)9(2)3/h4-5,7H,1-2,6,8H2,3H3/b7-5+. The maximum Gasteiger partial charge on any atom is 0.333 e. The molecular weight excluding hydrogens is 216 g/mol. The smallest absolute Gasteiger partial charge is 0.333 e. The summed E-state index contributed by atoms with van der Waals surface area (Å²) in [6.45, 7) is 8.04. The number of hydrogen-bond acceptors (Lipinski definition) is 4. The average Bonchev–Trinajstić information content (AvgIpc) is 2.14. The Labute approximate surface area is 89.9 Å². The van der Waals surface area contributed by atoms with E-state index in [9.17, 15) is 13.2 Å². The second-order valence-electron chi connectivity index (χ2n) is 2.85. The monoisotopic (exact) mass is 230 g/mol. The van der Waals surface area contributed by atoms with Gasteiger partial charge in [0.2, 0.25) is 0 Å². The molecule has 84 valence electrons. The summed E-state index contributed by atoms with van der Waals surface area (Å²) < 4.78 is 27.0. The maximum atomic E-state index is 11.2. The third-order valence-corrected chi connectivity index (χ3v) is 2.68. The van der Waals surface area contributed by atoms with E-state index in [-0.39, 0.29) is 17.9 Å². The first-order valence-electron chi connectivity index (χ1n) is 4.23. The van der Waals surface area contributed by atoms with Gasteiger partial charge < -0.3 is 4.74 Å².